The fourth-order valence-corrected chi connectivity index (χ4v) is 3.37. The van der Waals surface area contributed by atoms with Gasteiger partial charge in [-0.1, -0.05) is 18.2 Å². The van der Waals surface area contributed by atoms with Gasteiger partial charge in [0.15, 0.2) is 11.5 Å². The molecular formula is C22H23N3O3. The molecule has 0 aliphatic carbocycles. The molecular weight excluding hydrogens is 354 g/mol. The van der Waals surface area contributed by atoms with Gasteiger partial charge in [-0.15, -0.1) is 0 Å². The summed E-state index contributed by atoms with van der Waals surface area (Å²) in [5.74, 6) is 1.45. The molecule has 28 heavy (non-hydrogen) atoms. The van der Waals surface area contributed by atoms with Gasteiger partial charge in [0.1, 0.15) is 13.2 Å². The molecule has 1 aliphatic rings. The fraction of sp³-hybridized carbons (Fsp3) is 0.273. The minimum Gasteiger partial charge on any atom is -0.486 e. The Bertz CT molecular complexity index is 1010. The van der Waals surface area contributed by atoms with Gasteiger partial charge in [-0.05, 0) is 36.8 Å². The molecule has 0 fully saturated rings. The van der Waals surface area contributed by atoms with Gasteiger partial charge in [0.05, 0.1) is 24.3 Å². The number of aromatic nitrogens is 2. The zero-order valence-electron chi connectivity index (χ0n) is 16.3. The van der Waals surface area contributed by atoms with Crippen molar-refractivity contribution >= 4 is 5.91 Å². The van der Waals surface area contributed by atoms with Crippen molar-refractivity contribution in [1.29, 1.82) is 0 Å². The van der Waals surface area contributed by atoms with Crippen LogP contribution in [0.3, 0.4) is 0 Å². The van der Waals surface area contributed by atoms with Crippen molar-refractivity contribution < 1.29 is 14.3 Å². The van der Waals surface area contributed by atoms with Crippen LogP contribution >= 0.6 is 0 Å². The molecule has 0 bridgehead atoms. The molecule has 6 nitrogen and oxygen atoms in total. The lowest BCUT2D eigenvalue weighted by molar-refractivity contribution is 0.0742. The van der Waals surface area contributed by atoms with Gasteiger partial charge in [0, 0.05) is 25.2 Å². The molecule has 2 heterocycles. The van der Waals surface area contributed by atoms with E-state index in [0.29, 0.717) is 18.8 Å². The maximum absolute atomic E-state index is 13.1. The van der Waals surface area contributed by atoms with Gasteiger partial charge < -0.3 is 18.9 Å². The molecule has 0 unspecified atom stereocenters. The van der Waals surface area contributed by atoms with Crippen LogP contribution in [-0.2, 0) is 7.05 Å². The lowest BCUT2D eigenvalue weighted by Crippen LogP contribution is -2.29. The number of hydrogen-bond acceptors (Lipinski definition) is 4. The quantitative estimate of drug-likeness (QED) is 0.696. The molecule has 3 aromatic rings. The van der Waals surface area contributed by atoms with Crippen molar-refractivity contribution in [2.24, 2.45) is 7.05 Å². The lowest BCUT2D eigenvalue weighted by Gasteiger charge is -2.27. The van der Waals surface area contributed by atoms with Crippen LogP contribution in [-0.4, -0.2) is 40.6 Å². The predicted octanol–water partition coefficient (Wildman–Crippen LogP) is 3.69. The minimum atomic E-state index is -0.108. The molecule has 4 rings (SSSR count). The first-order chi connectivity index (χ1) is 13.5. The second-order valence-corrected chi connectivity index (χ2v) is 6.97. The van der Waals surface area contributed by atoms with Gasteiger partial charge in [-0.25, -0.2) is 4.98 Å². The van der Waals surface area contributed by atoms with Crippen LogP contribution in [0.15, 0.2) is 55.0 Å². The molecule has 1 amide bonds. The number of hydrogen-bond donors (Lipinski definition) is 0. The van der Waals surface area contributed by atoms with Gasteiger partial charge in [0.25, 0.3) is 5.91 Å². The van der Waals surface area contributed by atoms with Crippen molar-refractivity contribution in [2.75, 3.05) is 20.3 Å². The summed E-state index contributed by atoms with van der Waals surface area (Å²) < 4.78 is 13.2. The first-order valence-corrected chi connectivity index (χ1v) is 9.28. The third-order valence-corrected chi connectivity index (χ3v) is 5.17. The number of amides is 1. The molecule has 0 spiro atoms. The number of carbonyl (C=O) groups excluding carboxylic acids is 1. The Hall–Kier alpha value is -3.28. The highest BCUT2D eigenvalue weighted by Crippen LogP contribution is 2.34. The Morgan fingerprint density at radius 2 is 1.93 bits per heavy atom. The second kappa shape index (κ2) is 7.38. The Kier molecular flexibility index (Phi) is 4.77. The van der Waals surface area contributed by atoms with E-state index in [9.17, 15) is 4.79 Å². The van der Waals surface area contributed by atoms with E-state index >= 15 is 0 Å². The molecule has 0 saturated carbocycles. The normalized spacial score (nSPS) is 13.8. The monoisotopic (exact) mass is 377 g/mol. The van der Waals surface area contributed by atoms with Crippen molar-refractivity contribution in [1.82, 2.24) is 14.5 Å². The number of carbonyl (C=O) groups is 1. The highest BCUT2D eigenvalue weighted by molar-refractivity contribution is 5.95. The minimum absolute atomic E-state index is 0.0357. The van der Waals surface area contributed by atoms with E-state index in [1.54, 1.807) is 17.4 Å². The van der Waals surface area contributed by atoms with E-state index < -0.39 is 0 Å². The predicted molar refractivity (Wildman–Crippen MR) is 107 cm³/mol. The largest absolute Gasteiger partial charge is 0.486 e. The average molecular weight is 377 g/mol. The maximum Gasteiger partial charge on any atom is 0.254 e. The first kappa shape index (κ1) is 18.1. The SMILES string of the molecule is C[C@@H](c1ccc2c(c1)OCCO2)N(C)C(=O)c1cccc(-c2cncn2C)c1. The van der Waals surface area contributed by atoms with Crippen molar-refractivity contribution in [3.63, 3.8) is 0 Å². The average Bonchev–Trinajstić information content (AvgIpc) is 3.17. The van der Waals surface area contributed by atoms with E-state index in [1.165, 1.54) is 0 Å². The van der Waals surface area contributed by atoms with Gasteiger partial charge >= 0.3 is 0 Å². The number of nitrogens with zero attached hydrogens (tertiary/aromatic N) is 3. The Morgan fingerprint density at radius 3 is 2.68 bits per heavy atom. The topological polar surface area (TPSA) is 56.6 Å². The van der Waals surface area contributed by atoms with Crippen LogP contribution in [0.25, 0.3) is 11.3 Å². The van der Waals surface area contributed by atoms with Crippen LogP contribution in [0.4, 0.5) is 0 Å². The van der Waals surface area contributed by atoms with Crippen molar-refractivity contribution in [3.05, 3.63) is 66.1 Å². The van der Waals surface area contributed by atoms with Crippen LogP contribution in [0.5, 0.6) is 11.5 Å². The zero-order valence-corrected chi connectivity index (χ0v) is 16.3. The molecule has 6 heteroatoms. The van der Waals surface area contributed by atoms with E-state index in [2.05, 4.69) is 4.98 Å². The van der Waals surface area contributed by atoms with Gasteiger partial charge in [-0.2, -0.15) is 0 Å². The second-order valence-electron chi connectivity index (χ2n) is 6.97. The van der Waals surface area contributed by atoms with E-state index in [0.717, 1.165) is 28.3 Å². The Labute approximate surface area is 164 Å². The molecule has 1 aromatic heterocycles. The number of ether oxygens (including phenoxy) is 2. The molecule has 2 aromatic carbocycles. The van der Waals surface area contributed by atoms with Crippen LogP contribution in [0.1, 0.15) is 28.9 Å². The van der Waals surface area contributed by atoms with Crippen molar-refractivity contribution in [3.8, 4) is 22.8 Å². The highest BCUT2D eigenvalue weighted by Gasteiger charge is 2.21. The molecule has 144 valence electrons. The van der Waals surface area contributed by atoms with E-state index in [1.807, 2.05) is 68.1 Å². The number of rotatable bonds is 4. The smallest absolute Gasteiger partial charge is 0.254 e. The summed E-state index contributed by atoms with van der Waals surface area (Å²) in [6.45, 7) is 3.11. The lowest BCUT2D eigenvalue weighted by atomic mass is 10.0. The third kappa shape index (κ3) is 3.33. The summed E-state index contributed by atoms with van der Waals surface area (Å²) in [6, 6.07) is 13.4. The fourth-order valence-electron chi connectivity index (χ4n) is 3.37. The number of aryl methyl sites for hydroxylation is 1. The number of fused-ring (bicyclic) bond motifs is 1. The molecule has 0 radical (unpaired) electrons. The summed E-state index contributed by atoms with van der Waals surface area (Å²) in [6.07, 6.45) is 3.55. The highest BCUT2D eigenvalue weighted by atomic mass is 16.6. The Balaban J connectivity index is 1.57. The number of benzene rings is 2. The number of imidazole rings is 1. The van der Waals surface area contributed by atoms with Crippen LogP contribution in [0, 0.1) is 0 Å². The standard InChI is InChI=1S/C22H23N3O3/c1-15(16-7-8-20-21(12-16)28-10-9-27-20)25(3)22(26)18-6-4-5-17(11-18)19-13-23-14-24(19)2/h4-8,11-15H,9-10H2,1-3H3/t15-/m0/s1. The van der Waals surface area contributed by atoms with Gasteiger partial charge in [0.2, 0.25) is 0 Å². The third-order valence-electron chi connectivity index (χ3n) is 5.17. The summed E-state index contributed by atoms with van der Waals surface area (Å²) in [5, 5.41) is 0. The van der Waals surface area contributed by atoms with Crippen LogP contribution in [0.2, 0.25) is 0 Å². The molecule has 1 aliphatic heterocycles. The van der Waals surface area contributed by atoms with Gasteiger partial charge in [-0.3, -0.25) is 4.79 Å². The summed E-state index contributed by atoms with van der Waals surface area (Å²) in [4.78, 5) is 19.0. The van der Waals surface area contributed by atoms with E-state index in [-0.39, 0.29) is 11.9 Å². The van der Waals surface area contributed by atoms with E-state index in [4.69, 9.17) is 9.47 Å². The molecule has 0 saturated heterocycles. The summed E-state index contributed by atoms with van der Waals surface area (Å²) in [7, 11) is 3.76. The first-order valence-electron chi connectivity index (χ1n) is 9.28. The maximum atomic E-state index is 13.1. The van der Waals surface area contributed by atoms with Crippen molar-refractivity contribution in [2.45, 2.75) is 13.0 Å². The molecule has 1 atom stereocenters. The summed E-state index contributed by atoms with van der Waals surface area (Å²) in [5.41, 5.74) is 3.58. The molecule has 0 N–H and O–H groups in total. The summed E-state index contributed by atoms with van der Waals surface area (Å²) >= 11 is 0. The van der Waals surface area contributed by atoms with Crippen LogP contribution < -0.4 is 9.47 Å². The Morgan fingerprint density at radius 1 is 1.14 bits per heavy atom. The zero-order chi connectivity index (χ0) is 19.7.